The van der Waals surface area contributed by atoms with E-state index < -0.39 is 0 Å². The molecule has 3 heterocycles. The van der Waals surface area contributed by atoms with Gasteiger partial charge in [0.25, 0.3) is 0 Å². The molecule has 0 radical (unpaired) electrons. The van der Waals surface area contributed by atoms with E-state index >= 15 is 0 Å². The van der Waals surface area contributed by atoms with E-state index in [9.17, 15) is 0 Å². The van der Waals surface area contributed by atoms with Crippen LogP contribution in [0.1, 0.15) is 33.1 Å². The van der Waals surface area contributed by atoms with Crippen LogP contribution in [0.5, 0.6) is 0 Å². The van der Waals surface area contributed by atoms with Crippen LogP contribution in [0.4, 0.5) is 11.5 Å². The van der Waals surface area contributed by atoms with Gasteiger partial charge in [0.15, 0.2) is 5.11 Å². The molecule has 2 N–H and O–H groups in total. The number of piperidine rings is 1. The molecule has 1 aromatic rings. The molecule has 0 bridgehead atoms. The van der Waals surface area contributed by atoms with Crippen LogP contribution in [0.3, 0.4) is 0 Å². The second-order valence-electron chi connectivity index (χ2n) is 7.23. The molecule has 2 aliphatic rings. The maximum atomic E-state index is 5.59. The van der Waals surface area contributed by atoms with Crippen molar-refractivity contribution in [1.29, 1.82) is 0 Å². The monoisotopic (exact) mass is 348 g/mol. The first-order valence-corrected chi connectivity index (χ1v) is 9.38. The van der Waals surface area contributed by atoms with Crippen LogP contribution in [-0.2, 0) is 4.74 Å². The number of rotatable bonds is 4. The van der Waals surface area contributed by atoms with Gasteiger partial charge in [0.1, 0.15) is 5.82 Å². The van der Waals surface area contributed by atoms with Crippen molar-refractivity contribution in [3.05, 3.63) is 18.3 Å². The SMILES string of the molecule is C[C@@H]1C[C@H](C)CN(c2ccc(NC(=S)NC[C@@H]3CCCO3)cn2)C1. The molecule has 3 rings (SSSR count). The lowest BCUT2D eigenvalue weighted by Gasteiger charge is -2.35. The molecular weight excluding hydrogens is 320 g/mol. The van der Waals surface area contributed by atoms with E-state index in [0.717, 1.165) is 62.4 Å². The van der Waals surface area contributed by atoms with Crippen LogP contribution in [0, 0.1) is 11.8 Å². The van der Waals surface area contributed by atoms with Gasteiger partial charge < -0.3 is 20.3 Å². The van der Waals surface area contributed by atoms with Crippen molar-refractivity contribution in [3.63, 3.8) is 0 Å². The molecule has 0 spiro atoms. The van der Waals surface area contributed by atoms with Crippen molar-refractivity contribution >= 4 is 28.8 Å². The number of pyridine rings is 1. The molecule has 0 aromatic carbocycles. The van der Waals surface area contributed by atoms with Gasteiger partial charge >= 0.3 is 0 Å². The Hall–Kier alpha value is -1.40. The molecule has 1 aromatic heterocycles. The van der Waals surface area contributed by atoms with Gasteiger partial charge in [-0.15, -0.1) is 0 Å². The van der Waals surface area contributed by atoms with Crippen molar-refractivity contribution in [2.75, 3.05) is 36.5 Å². The predicted molar refractivity (Wildman–Crippen MR) is 103 cm³/mol. The molecule has 2 fully saturated rings. The van der Waals surface area contributed by atoms with E-state index in [1.807, 2.05) is 12.3 Å². The Morgan fingerprint density at radius 1 is 1.33 bits per heavy atom. The van der Waals surface area contributed by atoms with E-state index in [2.05, 4.69) is 40.4 Å². The summed E-state index contributed by atoms with van der Waals surface area (Å²) >= 11 is 5.34. The summed E-state index contributed by atoms with van der Waals surface area (Å²) in [6, 6.07) is 4.13. The van der Waals surface area contributed by atoms with Gasteiger partial charge in [0.2, 0.25) is 0 Å². The molecule has 24 heavy (non-hydrogen) atoms. The van der Waals surface area contributed by atoms with Crippen LogP contribution >= 0.6 is 12.2 Å². The van der Waals surface area contributed by atoms with Crippen molar-refractivity contribution in [2.24, 2.45) is 11.8 Å². The zero-order valence-electron chi connectivity index (χ0n) is 14.6. The normalized spacial score (nSPS) is 27.1. The molecule has 3 atom stereocenters. The first kappa shape index (κ1) is 17.4. The Labute approximate surface area is 150 Å². The van der Waals surface area contributed by atoms with E-state index in [1.54, 1.807) is 0 Å². The molecule has 2 aliphatic heterocycles. The highest BCUT2D eigenvalue weighted by molar-refractivity contribution is 7.80. The second-order valence-corrected chi connectivity index (χ2v) is 7.63. The summed E-state index contributed by atoms with van der Waals surface area (Å²) in [7, 11) is 0. The summed E-state index contributed by atoms with van der Waals surface area (Å²) in [6.07, 6.45) is 5.71. The number of aromatic nitrogens is 1. The van der Waals surface area contributed by atoms with Crippen molar-refractivity contribution in [1.82, 2.24) is 10.3 Å². The highest BCUT2D eigenvalue weighted by atomic mass is 32.1. The number of nitrogens with zero attached hydrogens (tertiary/aromatic N) is 2. The average Bonchev–Trinajstić information content (AvgIpc) is 3.06. The number of nitrogens with one attached hydrogen (secondary N) is 2. The van der Waals surface area contributed by atoms with Crippen molar-refractivity contribution < 1.29 is 4.74 Å². The third-order valence-electron chi connectivity index (χ3n) is 4.71. The van der Waals surface area contributed by atoms with E-state index in [0.29, 0.717) is 5.11 Å². The summed E-state index contributed by atoms with van der Waals surface area (Å²) < 4.78 is 5.59. The maximum absolute atomic E-state index is 5.59. The van der Waals surface area contributed by atoms with E-state index in [4.69, 9.17) is 17.0 Å². The Bertz CT molecular complexity index is 534. The number of ether oxygens (including phenoxy) is 1. The maximum Gasteiger partial charge on any atom is 0.170 e. The lowest BCUT2D eigenvalue weighted by molar-refractivity contribution is 0.114. The number of hydrogen-bond donors (Lipinski definition) is 2. The van der Waals surface area contributed by atoms with Crippen molar-refractivity contribution in [3.8, 4) is 0 Å². The standard InChI is InChI=1S/C18H28N4OS/c1-13-8-14(2)12-22(11-13)17-6-5-15(9-19-17)21-18(24)20-10-16-4-3-7-23-16/h5-6,9,13-14,16H,3-4,7-8,10-12H2,1-2H3,(H2,20,21,24)/t13-,14+,16-/m0/s1. The van der Waals surface area contributed by atoms with Gasteiger partial charge in [-0.2, -0.15) is 0 Å². The highest BCUT2D eigenvalue weighted by Crippen LogP contribution is 2.25. The molecule has 132 valence electrons. The fourth-order valence-electron chi connectivity index (χ4n) is 3.68. The third-order valence-corrected chi connectivity index (χ3v) is 4.96. The highest BCUT2D eigenvalue weighted by Gasteiger charge is 2.22. The minimum Gasteiger partial charge on any atom is -0.376 e. The third kappa shape index (κ3) is 4.80. The topological polar surface area (TPSA) is 49.4 Å². The predicted octanol–water partition coefficient (Wildman–Crippen LogP) is 3.03. The summed E-state index contributed by atoms with van der Waals surface area (Å²) in [4.78, 5) is 7.00. The van der Waals surface area contributed by atoms with Crippen molar-refractivity contribution in [2.45, 2.75) is 39.2 Å². The van der Waals surface area contributed by atoms with Gasteiger partial charge in [-0.1, -0.05) is 13.8 Å². The van der Waals surface area contributed by atoms with E-state index in [-0.39, 0.29) is 6.10 Å². The van der Waals surface area contributed by atoms with Gasteiger partial charge in [-0.05, 0) is 55.4 Å². The van der Waals surface area contributed by atoms with Crippen LogP contribution in [-0.4, -0.2) is 42.4 Å². The van der Waals surface area contributed by atoms with Crippen LogP contribution in [0.25, 0.3) is 0 Å². The van der Waals surface area contributed by atoms with Crippen LogP contribution in [0.2, 0.25) is 0 Å². The summed E-state index contributed by atoms with van der Waals surface area (Å²) in [6.45, 7) is 8.44. The van der Waals surface area contributed by atoms with Crippen LogP contribution in [0.15, 0.2) is 18.3 Å². The summed E-state index contributed by atoms with van der Waals surface area (Å²) in [5.41, 5.74) is 0.918. The molecule has 0 unspecified atom stereocenters. The zero-order valence-corrected chi connectivity index (χ0v) is 15.4. The lowest BCUT2D eigenvalue weighted by atomic mass is 9.92. The number of hydrogen-bond acceptors (Lipinski definition) is 4. The van der Waals surface area contributed by atoms with Gasteiger partial charge in [0, 0.05) is 26.2 Å². The van der Waals surface area contributed by atoms with Gasteiger partial charge in [-0.25, -0.2) is 4.98 Å². The van der Waals surface area contributed by atoms with E-state index in [1.165, 1.54) is 6.42 Å². The average molecular weight is 349 g/mol. The number of thiocarbonyl (C=S) groups is 1. The zero-order chi connectivity index (χ0) is 16.9. The lowest BCUT2D eigenvalue weighted by Crippen LogP contribution is -2.39. The largest absolute Gasteiger partial charge is 0.376 e. The Kier molecular flexibility index (Phi) is 5.89. The number of anilines is 2. The molecule has 5 nitrogen and oxygen atoms in total. The minimum atomic E-state index is 0.285. The Morgan fingerprint density at radius 3 is 2.75 bits per heavy atom. The van der Waals surface area contributed by atoms with Gasteiger partial charge in [0.05, 0.1) is 18.0 Å². The van der Waals surface area contributed by atoms with Crippen LogP contribution < -0.4 is 15.5 Å². The summed E-state index contributed by atoms with van der Waals surface area (Å²) in [5.74, 6) is 2.50. The smallest absolute Gasteiger partial charge is 0.170 e. The quantitative estimate of drug-likeness (QED) is 0.816. The first-order valence-electron chi connectivity index (χ1n) is 8.97. The molecule has 2 saturated heterocycles. The fourth-order valence-corrected chi connectivity index (χ4v) is 3.89. The van der Waals surface area contributed by atoms with Gasteiger partial charge in [-0.3, -0.25) is 0 Å². The Balaban J connectivity index is 1.49. The molecule has 6 heteroatoms. The summed E-state index contributed by atoms with van der Waals surface area (Å²) in [5, 5.41) is 7.04. The molecular formula is C18H28N4OS. The molecule has 0 amide bonds. The second kappa shape index (κ2) is 8.12. The fraction of sp³-hybridized carbons (Fsp3) is 0.667. The molecule has 0 aliphatic carbocycles. The minimum absolute atomic E-state index is 0.285. The Morgan fingerprint density at radius 2 is 2.12 bits per heavy atom. The molecule has 0 saturated carbocycles. The first-order chi connectivity index (χ1) is 11.6.